The Bertz CT molecular complexity index is 19.2. The highest BCUT2D eigenvalue weighted by molar-refractivity contribution is 9.13. The predicted octanol–water partition coefficient (Wildman–Crippen LogP) is 2.25. The summed E-state index contributed by atoms with van der Waals surface area (Å²) in [6.45, 7) is 0. The molecule has 24 valence electrons. The average molecular weight is 186 g/mol. The first-order valence-electron chi connectivity index (χ1n) is 0.770. The second-order valence-corrected chi connectivity index (χ2v) is 1.31. The van der Waals surface area contributed by atoms with Crippen LogP contribution in [0.3, 0.4) is 0 Å². The average Bonchev–Trinajstić information content (AvgIpc) is 1.37. The smallest absolute Gasteiger partial charge is 0.0120 e. The van der Waals surface area contributed by atoms with E-state index in [1.807, 2.05) is 0 Å². The van der Waals surface area contributed by atoms with Crippen LogP contribution in [0.2, 0.25) is 0 Å². The largest absolute Gasteiger partial charge is 0.0589 e. The fraction of sp³-hybridized carbons (Fsp3) is 0. The molecule has 0 fully saturated rings. The van der Waals surface area contributed by atoms with Gasteiger partial charge in [-0.05, 0) is 9.97 Å². The molecular weight excluding hydrogens is 184 g/mol. The maximum absolute atomic E-state index is 3.02. The Morgan fingerprint density at radius 3 is 1.25 bits per heavy atom. The summed E-state index contributed by atoms with van der Waals surface area (Å²) in [5.74, 6) is 0. The second-order valence-electron chi connectivity index (χ2n) is 0.252. The molecule has 0 aliphatic carbocycles. The molecule has 0 rings (SSSR count). The minimum atomic E-state index is 1.73. The summed E-state index contributed by atoms with van der Waals surface area (Å²) in [5.41, 5.74) is 0. The highest BCUT2D eigenvalue weighted by Crippen LogP contribution is 1.86. The predicted molar refractivity (Wildman–Crippen MR) is 27.0 cm³/mol. The molecule has 0 aromatic carbocycles. The lowest BCUT2D eigenvalue weighted by Crippen LogP contribution is -1.07. The van der Waals surface area contributed by atoms with Crippen molar-refractivity contribution in [3.05, 3.63) is 9.97 Å². The Kier molecular flexibility index (Phi) is 4.35. The van der Waals surface area contributed by atoms with Crippen LogP contribution < -0.4 is 0 Å². The molecule has 0 aromatic heterocycles. The summed E-state index contributed by atoms with van der Waals surface area (Å²) >= 11 is 6.04. The van der Waals surface area contributed by atoms with Crippen molar-refractivity contribution in [2.24, 2.45) is 0 Å². The lowest BCUT2D eigenvalue weighted by Gasteiger charge is -1.44. The van der Waals surface area contributed by atoms with Gasteiger partial charge in [-0.2, -0.15) is 0 Å². The van der Waals surface area contributed by atoms with Crippen molar-refractivity contribution in [3.8, 4) is 0 Å². The highest BCUT2D eigenvalue weighted by Gasteiger charge is 1.39. The van der Waals surface area contributed by atoms with Gasteiger partial charge in [0.25, 0.3) is 0 Å². The van der Waals surface area contributed by atoms with Gasteiger partial charge in [0, 0.05) is 0 Å². The molecule has 0 saturated carbocycles. The van der Waals surface area contributed by atoms with Crippen LogP contribution >= 0.6 is 31.9 Å². The van der Waals surface area contributed by atoms with Crippen LogP contribution in [-0.4, -0.2) is 0 Å². The summed E-state index contributed by atoms with van der Waals surface area (Å²) in [7, 11) is 0. The zero-order valence-electron chi connectivity index (χ0n) is 1.91. The quantitative estimate of drug-likeness (QED) is 0.544. The van der Waals surface area contributed by atoms with Crippen LogP contribution in [0, 0.1) is 0 Å². The third-order valence-corrected chi connectivity index (χ3v) is 1.29. The Labute approximate surface area is 42.1 Å². The molecule has 0 atom stereocenters. The van der Waals surface area contributed by atoms with Crippen LogP contribution in [0.4, 0.5) is 0 Å². The maximum Gasteiger partial charge on any atom is -0.0120 e. The van der Waals surface area contributed by atoms with Gasteiger partial charge < -0.3 is 0 Å². The van der Waals surface area contributed by atoms with E-state index in [0.717, 1.165) is 0 Å². The molecule has 0 nitrogen and oxygen atoms in total. The van der Waals surface area contributed by atoms with Gasteiger partial charge in [0.05, 0.1) is 0 Å². The minimum Gasteiger partial charge on any atom is -0.0589 e. The van der Waals surface area contributed by atoms with E-state index in [1.54, 1.807) is 9.97 Å². The maximum atomic E-state index is 3.02. The van der Waals surface area contributed by atoms with Crippen LogP contribution in [0.25, 0.3) is 0 Å². The van der Waals surface area contributed by atoms with Crippen molar-refractivity contribution < 1.29 is 0 Å². The number of rotatable bonds is 0. The van der Waals surface area contributed by atoms with Crippen LogP contribution in [0.5, 0.6) is 0 Å². The number of hydrogen-bond donors (Lipinski definition) is 0. The summed E-state index contributed by atoms with van der Waals surface area (Å²) in [5, 5.41) is 0. The van der Waals surface area contributed by atoms with Crippen molar-refractivity contribution in [2.75, 3.05) is 0 Å². The van der Waals surface area contributed by atoms with Gasteiger partial charge in [-0.25, -0.2) is 0 Å². The van der Waals surface area contributed by atoms with E-state index in [1.165, 1.54) is 0 Å². The van der Waals surface area contributed by atoms with E-state index in [-0.39, 0.29) is 0 Å². The van der Waals surface area contributed by atoms with Crippen LogP contribution in [0.15, 0.2) is 9.97 Å². The van der Waals surface area contributed by atoms with E-state index < -0.39 is 0 Å². The molecular formula is C2H2Br2. The van der Waals surface area contributed by atoms with E-state index in [2.05, 4.69) is 31.9 Å². The van der Waals surface area contributed by atoms with Gasteiger partial charge >= 0.3 is 0 Å². The molecule has 0 aromatic rings. The zero-order valence-corrected chi connectivity index (χ0v) is 5.08. The topological polar surface area (TPSA) is 0 Å². The normalized spacial score (nSPS) is 9.50. The van der Waals surface area contributed by atoms with Crippen molar-refractivity contribution in [2.45, 2.75) is 0 Å². The van der Waals surface area contributed by atoms with E-state index in [0.29, 0.717) is 0 Å². The first kappa shape index (κ1) is 4.70. The molecule has 0 saturated heterocycles. The lowest BCUT2D eigenvalue weighted by atomic mass is 11.3. The number of hydrogen-bond acceptors (Lipinski definition) is 0. The molecule has 2 heteroatoms. The summed E-state index contributed by atoms with van der Waals surface area (Å²) in [6.07, 6.45) is 0. The van der Waals surface area contributed by atoms with E-state index in [4.69, 9.17) is 0 Å². The van der Waals surface area contributed by atoms with E-state index in [9.17, 15) is 0 Å². The van der Waals surface area contributed by atoms with Crippen molar-refractivity contribution >= 4 is 31.9 Å². The SMILES string of the molecule is Br/C=C\Br. The molecule has 4 heavy (non-hydrogen) atoms. The Morgan fingerprint density at radius 2 is 1.25 bits per heavy atom. The Hall–Kier alpha value is 0.700. The van der Waals surface area contributed by atoms with Gasteiger partial charge in [-0.1, -0.05) is 31.9 Å². The highest BCUT2D eigenvalue weighted by atomic mass is 79.9. The minimum absolute atomic E-state index is 1.73. The fourth-order valence-electron chi connectivity index (χ4n) is 0. The first-order valence-corrected chi connectivity index (χ1v) is 2.60. The van der Waals surface area contributed by atoms with Crippen LogP contribution in [-0.2, 0) is 0 Å². The zero-order chi connectivity index (χ0) is 3.41. The molecule has 0 bridgehead atoms. The molecule has 0 spiro atoms. The standard InChI is InChI=1S/C2H2Br2/c3-1-2-4/h1-2H/b2-1-. The van der Waals surface area contributed by atoms with Crippen molar-refractivity contribution in [1.29, 1.82) is 0 Å². The van der Waals surface area contributed by atoms with Gasteiger partial charge in [-0.3, -0.25) is 0 Å². The number of halogens is 2. The summed E-state index contributed by atoms with van der Waals surface area (Å²) < 4.78 is 0. The third-order valence-electron chi connectivity index (χ3n) is 0.0476. The molecule has 0 aliphatic rings. The molecule has 0 N–H and O–H groups in total. The molecule has 0 aliphatic heterocycles. The van der Waals surface area contributed by atoms with Crippen molar-refractivity contribution in [3.63, 3.8) is 0 Å². The third kappa shape index (κ3) is 2.70. The summed E-state index contributed by atoms with van der Waals surface area (Å²) in [4.78, 5) is 3.46. The molecule has 0 amide bonds. The first-order chi connectivity index (χ1) is 1.91. The van der Waals surface area contributed by atoms with E-state index >= 15 is 0 Å². The molecule has 0 unspecified atom stereocenters. The fourth-order valence-corrected chi connectivity index (χ4v) is 0. The van der Waals surface area contributed by atoms with Crippen LogP contribution in [0.1, 0.15) is 0 Å². The van der Waals surface area contributed by atoms with Gasteiger partial charge in [0.2, 0.25) is 0 Å². The van der Waals surface area contributed by atoms with Gasteiger partial charge in [0.1, 0.15) is 0 Å². The van der Waals surface area contributed by atoms with Crippen molar-refractivity contribution in [1.82, 2.24) is 0 Å². The summed E-state index contributed by atoms with van der Waals surface area (Å²) in [6, 6.07) is 0. The monoisotopic (exact) mass is 184 g/mol. The molecule has 0 heterocycles. The Morgan fingerprint density at radius 1 is 1.00 bits per heavy atom. The molecule has 0 radical (unpaired) electrons. The lowest BCUT2D eigenvalue weighted by molar-refractivity contribution is 2.65. The second kappa shape index (κ2) is 3.70. The van der Waals surface area contributed by atoms with Gasteiger partial charge in [-0.15, -0.1) is 0 Å². The Balaban J connectivity index is 2.55. The van der Waals surface area contributed by atoms with Gasteiger partial charge in [0.15, 0.2) is 0 Å².